The average Bonchev–Trinajstić information content (AvgIpc) is 2.76. The van der Waals surface area contributed by atoms with Crippen molar-refractivity contribution in [3.63, 3.8) is 0 Å². The smallest absolute Gasteiger partial charge is 0.182 e. The third-order valence-electron chi connectivity index (χ3n) is 2.58. The molecule has 2 nitrogen and oxygen atoms in total. The van der Waals surface area contributed by atoms with Gasteiger partial charge in [0.25, 0.3) is 0 Å². The first-order valence-electron chi connectivity index (χ1n) is 6.07. The third-order valence-corrected chi connectivity index (χ3v) is 4.94. The number of benzene rings is 1. The highest BCUT2D eigenvalue weighted by Gasteiger charge is 2.04. The van der Waals surface area contributed by atoms with E-state index in [-0.39, 0.29) is 0 Å². The second-order valence-electron chi connectivity index (χ2n) is 4.22. The highest BCUT2D eigenvalue weighted by molar-refractivity contribution is 7.98. The summed E-state index contributed by atoms with van der Waals surface area (Å²) in [6, 6.07) is 6.62. The van der Waals surface area contributed by atoms with Crippen LogP contribution < -0.4 is 5.32 Å². The van der Waals surface area contributed by atoms with Gasteiger partial charge in [0.1, 0.15) is 0 Å². The number of rotatable bonds is 5. The lowest BCUT2D eigenvalue weighted by molar-refractivity contribution is 1.19. The molecule has 0 aliphatic carbocycles. The van der Waals surface area contributed by atoms with E-state index in [2.05, 4.69) is 49.3 Å². The summed E-state index contributed by atoms with van der Waals surface area (Å²) >= 11 is 3.63. The Hall–Kier alpha value is -1.00. The molecule has 0 saturated carbocycles. The molecule has 0 bridgehead atoms. The fourth-order valence-electron chi connectivity index (χ4n) is 1.72. The monoisotopic (exact) mass is 278 g/mol. The Labute approximate surface area is 117 Å². The average molecular weight is 278 g/mol. The summed E-state index contributed by atoms with van der Waals surface area (Å²) in [5.74, 6) is 0.993. The van der Waals surface area contributed by atoms with Gasteiger partial charge in [-0.15, -0.1) is 23.1 Å². The maximum absolute atomic E-state index is 4.35. The summed E-state index contributed by atoms with van der Waals surface area (Å²) < 4.78 is 0. The number of hydrogen-bond acceptors (Lipinski definition) is 4. The predicted molar refractivity (Wildman–Crippen MR) is 81.8 cm³/mol. The van der Waals surface area contributed by atoms with E-state index < -0.39 is 0 Å². The Morgan fingerprint density at radius 3 is 2.89 bits per heavy atom. The molecule has 0 radical (unpaired) electrons. The van der Waals surface area contributed by atoms with E-state index in [1.807, 2.05) is 18.0 Å². The number of anilines is 1. The summed E-state index contributed by atoms with van der Waals surface area (Å²) in [5, 5.41) is 4.27. The Kier molecular flexibility index (Phi) is 4.66. The standard InChI is InChI=1S/C14H18N2S2/c1-4-15-14-16-8-12(18-14)9-17-13-6-5-10(2)7-11(13)3/h5-8H,4,9H2,1-3H3,(H,15,16). The van der Waals surface area contributed by atoms with Crippen molar-refractivity contribution in [1.29, 1.82) is 0 Å². The normalized spacial score (nSPS) is 10.6. The second-order valence-corrected chi connectivity index (χ2v) is 6.35. The van der Waals surface area contributed by atoms with Crippen molar-refractivity contribution in [3.05, 3.63) is 40.4 Å². The Bertz CT molecular complexity index is 520. The molecule has 2 rings (SSSR count). The number of thioether (sulfide) groups is 1. The van der Waals surface area contributed by atoms with Crippen molar-refractivity contribution < 1.29 is 0 Å². The van der Waals surface area contributed by atoms with E-state index in [9.17, 15) is 0 Å². The molecule has 1 heterocycles. The van der Waals surface area contributed by atoms with E-state index in [0.29, 0.717) is 0 Å². The first kappa shape index (κ1) is 13.4. The lowest BCUT2D eigenvalue weighted by Crippen LogP contribution is -1.94. The maximum atomic E-state index is 4.35. The number of hydrogen-bond donors (Lipinski definition) is 1. The lowest BCUT2D eigenvalue weighted by atomic mass is 10.2. The summed E-state index contributed by atoms with van der Waals surface area (Å²) in [4.78, 5) is 7.02. The second kappa shape index (κ2) is 6.25. The maximum Gasteiger partial charge on any atom is 0.182 e. The molecular weight excluding hydrogens is 260 g/mol. The molecule has 4 heteroatoms. The van der Waals surface area contributed by atoms with Gasteiger partial charge >= 0.3 is 0 Å². The largest absolute Gasteiger partial charge is 0.362 e. The molecule has 0 aliphatic heterocycles. The van der Waals surface area contributed by atoms with Crippen molar-refractivity contribution >= 4 is 28.2 Å². The van der Waals surface area contributed by atoms with Gasteiger partial charge in [0, 0.05) is 28.3 Å². The molecule has 1 N–H and O–H groups in total. The van der Waals surface area contributed by atoms with Crippen molar-refractivity contribution in [2.24, 2.45) is 0 Å². The van der Waals surface area contributed by atoms with Gasteiger partial charge in [-0.3, -0.25) is 0 Å². The molecule has 0 amide bonds. The molecule has 1 aromatic carbocycles. The van der Waals surface area contributed by atoms with Crippen LogP contribution in [0.25, 0.3) is 0 Å². The number of thiazole rings is 1. The molecule has 2 aromatic rings. The molecule has 0 unspecified atom stereocenters. The summed E-state index contributed by atoms with van der Waals surface area (Å²) in [7, 11) is 0. The number of aryl methyl sites for hydroxylation is 2. The van der Waals surface area contributed by atoms with E-state index >= 15 is 0 Å². The van der Waals surface area contributed by atoms with Crippen LogP contribution in [0.4, 0.5) is 5.13 Å². The molecule has 0 fully saturated rings. The molecule has 18 heavy (non-hydrogen) atoms. The van der Waals surface area contributed by atoms with Crippen molar-refractivity contribution in [2.45, 2.75) is 31.4 Å². The number of aromatic nitrogens is 1. The minimum atomic E-state index is 0.928. The van der Waals surface area contributed by atoms with Crippen LogP contribution in [0, 0.1) is 13.8 Å². The first-order valence-corrected chi connectivity index (χ1v) is 7.88. The van der Waals surface area contributed by atoms with Gasteiger partial charge in [-0.1, -0.05) is 17.7 Å². The molecule has 1 aromatic heterocycles. The van der Waals surface area contributed by atoms with Crippen LogP contribution in [-0.2, 0) is 5.75 Å². The van der Waals surface area contributed by atoms with Crippen LogP contribution in [0.5, 0.6) is 0 Å². The van der Waals surface area contributed by atoms with Crippen LogP contribution in [0.15, 0.2) is 29.3 Å². The van der Waals surface area contributed by atoms with Crippen LogP contribution in [0.2, 0.25) is 0 Å². The Morgan fingerprint density at radius 2 is 2.17 bits per heavy atom. The van der Waals surface area contributed by atoms with Crippen LogP contribution in [0.1, 0.15) is 22.9 Å². The van der Waals surface area contributed by atoms with Crippen LogP contribution >= 0.6 is 23.1 Å². The zero-order valence-electron chi connectivity index (χ0n) is 11.0. The molecule has 96 valence electrons. The van der Waals surface area contributed by atoms with E-state index in [0.717, 1.165) is 17.4 Å². The van der Waals surface area contributed by atoms with Gasteiger partial charge in [-0.2, -0.15) is 0 Å². The molecular formula is C14H18N2S2. The lowest BCUT2D eigenvalue weighted by Gasteiger charge is -2.05. The first-order chi connectivity index (χ1) is 8.69. The summed E-state index contributed by atoms with van der Waals surface area (Å²) in [5.41, 5.74) is 2.68. The van der Waals surface area contributed by atoms with Crippen molar-refractivity contribution in [2.75, 3.05) is 11.9 Å². The third kappa shape index (κ3) is 3.50. The minimum Gasteiger partial charge on any atom is -0.362 e. The highest BCUT2D eigenvalue weighted by Crippen LogP contribution is 2.29. The number of nitrogens with one attached hydrogen (secondary N) is 1. The SMILES string of the molecule is CCNc1ncc(CSc2ccc(C)cc2C)s1. The van der Waals surface area contributed by atoms with E-state index in [4.69, 9.17) is 0 Å². The predicted octanol–water partition coefficient (Wildman–Crippen LogP) is 4.48. The van der Waals surface area contributed by atoms with Gasteiger partial charge in [0.05, 0.1) is 0 Å². The molecule has 0 aliphatic rings. The molecule has 0 saturated heterocycles. The molecule has 0 spiro atoms. The van der Waals surface area contributed by atoms with Gasteiger partial charge in [0.2, 0.25) is 0 Å². The van der Waals surface area contributed by atoms with Gasteiger partial charge in [-0.05, 0) is 32.4 Å². The summed E-state index contributed by atoms with van der Waals surface area (Å²) in [6.07, 6.45) is 1.97. The zero-order chi connectivity index (χ0) is 13.0. The van der Waals surface area contributed by atoms with Crippen molar-refractivity contribution in [3.8, 4) is 0 Å². The van der Waals surface area contributed by atoms with E-state index in [1.54, 1.807) is 11.3 Å². The van der Waals surface area contributed by atoms with Gasteiger partial charge < -0.3 is 5.32 Å². The van der Waals surface area contributed by atoms with Gasteiger partial charge in [0.15, 0.2) is 5.13 Å². The Morgan fingerprint density at radius 1 is 1.33 bits per heavy atom. The quantitative estimate of drug-likeness (QED) is 0.816. The van der Waals surface area contributed by atoms with Crippen molar-refractivity contribution in [1.82, 2.24) is 4.98 Å². The highest BCUT2D eigenvalue weighted by atomic mass is 32.2. The van der Waals surface area contributed by atoms with E-state index in [1.165, 1.54) is 20.9 Å². The van der Waals surface area contributed by atoms with Crippen LogP contribution in [-0.4, -0.2) is 11.5 Å². The number of nitrogens with zero attached hydrogens (tertiary/aromatic N) is 1. The van der Waals surface area contributed by atoms with Crippen LogP contribution in [0.3, 0.4) is 0 Å². The summed E-state index contributed by atoms with van der Waals surface area (Å²) in [6.45, 7) is 7.32. The van der Waals surface area contributed by atoms with Gasteiger partial charge in [-0.25, -0.2) is 4.98 Å². The molecule has 0 atom stereocenters. The Balaban J connectivity index is 1.97. The zero-order valence-corrected chi connectivity index (χ0v) is 12.6. The fraction of sp³-hybridized carbons (Fsp3) is 0.357. The fourth-order valence-corrected chi connectivity index (χ4v) is 3.63. The minimum absolute atomic E-state index is 0.928. The topological polar surface area (TPSA) is 24.9 Å².